The summed E-state index contributed by atoms with van der Waals surface area (Å²) in [5, 5.41) is 14.4. The van der Waals surface area contributed by atoms with Crippen LogP contribution in [0.15, 0.2) is 47.6 Å². The average molecular weight is 373 g/mol. The Morgan fingerprint density at radius 2 is 1.96 bits per heavy atom. The van der Waals surface area contributed by atoms with Crippen LogP contribution in [0.1, 0.15) is 18.1 Å². The fourth-order valence-electron chi connectivity index (χ4n) is 2.08. The first kappa shape index (κ1) is 19.7. The fraction of sp³-hybridized carbons (Fsp3) is 0.222. The quantitative estimate of drug-likeness (QED) is 0.432. The van der Waals surface area contributed by atoms with Crippen LogP contribution < -0.4 is 14.9 Å². The lowest BCUT2D eigenvalue weighted by Crippen LogP contribution is -2.18. The number of methoxy groups -OCH3 is 1. The molecule has 0 atom stereocenters. The summed E-state index contributed by atoms with van der Waals surface area (Å²) in [5.74, 6) is 0.989. The Balaban J connectivity index is 2.00. The van der Waals surface area contributed by atoms with E-state index < -0.39 is 11.0 Å². The summed E-state index contributed by atoms with van der Waals surface area (Å²) < 4.78 is 15.7. The summed E-state index contributed by atoms with van der Waals surface area (Å²) in [4.78, 5) is 21.4. The van der Waals surface area contributed by atoms with E-state index in [0.29, 0.717) is 17.1 Å². The molecule has 1 N–H and O–H groups in total. The lowest BCUT2D eigenvalue weighted by atomic mass is 10.2. The van der Waals surface area contributed by atoms with Gasteiger partial charge in [-0.3, -0.25) is 10.1 Å². The first-order valence-corrected chi connectivity index (χ1v) is 8.03. The molecule has 27 heavy (non-hydrogen) atoms. The number of non-ortho nitro benzene ring substituents is 1. The van der Waals surface area contributed by atoms with Crippen molar-refractivity contribution in [2.24, 2.45) is 5.10 Å². The molecular formula is C18H19N3O6. The van der Waals surface area contributed by atoms with Gasteiger partial charge >= 0.3 is 6.09 Å². The SMILES string of the molecule is CCOC(=O)N/N=C\c1ccc(OCc2ccc([N+](=O)[O-])cc2)c(OC)c1. The van der Waals surface area contributed by atoms with Crippen molar-refractivity contribution in [2.45, 2.75) is 13.5 Å². The van der Waals surface area contributed by atoms with Gasteiger partial charge in [0, 0.05) is 12.1 Å². The Labute approximate surface area is 155 Å². The van der Waals surface area contributed by atoms with Gasteiger partial charge in [0.2, 0.25) is 0 Å². The predicted octanol–water partition coefficient (Wildman–Crippen LogP) is 3.26. The molecule has 9 heteroatoms. The molecule has 0 heterocycles. The smallest absolute Gasteiger partial charge is 0.427 e. The van der Waals surface area contributed by atoms with Crippen LogP contribution in [-0.4, -0.2) is 30.9 Å². The Morgan fingerprint density at radius 1 is 1.22 bits per heavy atom. The summed E-state index contributed by atoms with van der Waals surface area (Å²) >= 11 is 0. The van der Waals surface area contributed by atoms with E-state index in [4.69, 9.17) is 14.2 Å². The summed E-state index contributed by atoms with van der Waals surface area (Å²) in [6.07, 6.45) is 0.809. The van der Waals surface area contributed by atoms with Gasteiger partial charge in [0.25, 0.3) is 5.69 Å². The third-order valence-corrected chi connectivity index (χ3v) is 3.37. The number of nitrogens with one attached hydrogen (secondary N) is 1. The van der Waals surface area contributed by atoms with Gasteiger partial charge in [-0.2, -0.15) is 5.10 Å². The highest BCUT2D eigenvalue weighted by molar-refractivity contribution is 5.82. The van der Waals surface area contributed by atoms with Gasteiger partial charge in [-0.1, -0.05) is 0 Å². The lowest BCUT2D eigenvalue weighted by molar-refractivity contribution is -0.384. The molecule has 0 saturated carbocycles. The molecule has 2 aromatic rings. The number of nitro benzene ring substituents is 1. The summed E-state index contributed by atoms with van der Waals surface area (Å²) in [7, 11) is 1.51. The Bertz CT molecular complexity index is 820. The van der Waals surface area contributed by atoms with E-state index in [2.05, 4.69) is 10.5 Å². The molecule has 2 aromatic carbocycles. The number of nitrogens with zero attached hydrogens (tertiary/aromatic N) is 2. The molecular weight excluding hydrogens is 354 g/mol. The van der Waals surface area contributed by atoms with E-state index in [1.807, 2.05) is 0 Å². The zero-order chi connectivity index (χ0) is 19.6. The van der Waals surface area contributed by atoms with Crippen molar-refractivity contribution in [3.05, 3.63) is 63.7 Å². The summed E-state index contributed by atoms with van der Waals surface area (Å²) in [6.45, 7) is 2.19. The van der Waals surface area contributed by atoms with Crippen LogP contribution in [-0.2, 0) is 11.3 Å². The fourth-order valence-corrected chi connectivity index (χ4v) is 2.08. The van der Waals surface area contributed by atoms with Crippen LogP contribution >= 0.6 is 0 Å². The van der Waals surface area contributed by atoms with Crippen molar-refractivity contribution in [2.75, 3.05) is 13.7 Å². The van der Waals surface area contributed by atoms with Crippen LogP contribution in [0.5, 0.6) is 11.5 Å². The van der Waals surface area contributed by atoms with Crippen LogP contribution in [0.25, 0.3) is 0 Å². The molecule has 0 saturated heterocycles. The van der Waals surface area contributed by atoms with E-state index in [1.54, 1.807) is 37.3 Å². The molecule has 0 spiro atoms. The van der Waals surface area contributed by atoms with E-state index in [1.165, 1.54) is 25.5 Å². The minimum atomic E-state index is -0.635. The van der Waals surface area contributed by atoms with Crippen molar-refractivity contribution >= 4 is 18.0 Å². The normalized spacial score (nSPS) is 10.4. The molecule has 2 rings (SSSR count). The van der Waals surface area contributed by atoms with Gasteiger partial charge in [0.15, 0.2) is 11.5 Å². The molecule has 1 amide bonds. The highest BCUT2D eigenvalue weighted by Gasteiger charge is 2.08. The van der Waals surface area contributed by atoms with Crippen molar-refractivity contribution in [3.8, 4) is 11.5 Å². The molecule has 0 fully saturated rings. The Morgan fingerprint density at radius 3 is 2.59 bits per heavy atom. The van der Waals surface area contributed by atoms with E-state index in [-0.39, 0.29) is 18.9 Å². The molecule has 0 radical (unpaired) electrons. The number of ether oxygens (including phenoxy) is 3. The van der Waals surface area contributed by atoms with Crippen molar-refractivity contribution in [1.82, 2.24) is 5.43 Å². The van der Waals surface area contributed by atoms with Gasteiger partial charge in [-0.15, -0.1) is 0 Å². The Kier molecular flexibility index (Phi) is 7.12. The number of hydrazone groups is 1. The summed E-state index contributed by atoms with van der Waals surface area (Å²) in [6, 6.07) is 11.2. The number of benzene rings is 2. The first-order valence-electron chi connectivity index (χ1n) is 8.03. The molecule has 0 aliphatic carbocycles. The first-order chi connectivity index (χ1) is 13.0. The number of carbonyl (C=O) groups excluding carboxylic acids is 1. The molecule has 9 nitrogen and oxygen atoms in total. The number of hydrogen-bond donors (Lipinski definition) is 1. The second-order valence-electron chi connectivity index (χ2n) is 5.21. The average Bonchev–Trinajstić information content (AvgIpc) is 2.67. The van der Waals surface area contributed by atoms with Crippen LogP contribution in [0.4, 0.5) is 10.5 Å². The van der Waals surface area contributed by atoms with E-state index in [9.17, 15) is 14.9 Å². The Hall–Kier alpha value is -3.62. The minimum absolute atomic E-state index is 0.0244. The predicted molar refractivity (Wildman–Crippen MR) is 98.2 cm³/mol. The largest absolute Gasteiger partial charge is 0.493 e. The zero-order valence-corrected chi connectivity index (χ0v) is 14.9. The second kappa shape index (κ2) is 9.76. The summed E-state index contributed by atoms with van der Waals surface area (Å²) in [5.41, 5.74) is 3.73. The van der Waals surface area contributed by atoms with Crippen LogP contribution in [0.2, 0.25) is 0 Å². The third-order valence-electron chi connectivity index (χ3n) is 3.37. The molecule has 0 unspecified atom stereocenters. The number of carbonyl (C=O) groups is 1. The monoisotopic (exact) mass is 373 g/mol. The third kappa shape index (κ3) is 5.99. The minimum Gasteiger partial charge on any atom is -0.493 e. The van der Waals surface area contributed by atoms with Gasteiger partial charge in [-0.05, 0) is 48.4 Å². The van der Waals surface area contributed by atoms with E-state index in [0.717, 1.165) is 5.56 Å². The standard InChI is InChI=1S/C18H19N3O6/c1-3-26-18(22)20-19-11-14-6-9-16(17(10-14)25-2)27-12-13-4-7-15(8-5-13)21(23)24/h4-11H,3,12H2,1-2H3,(H,20,22)/b19-11-. The number of rotatable bonds is 8. The zero-order valence-electron chi connectivity index (χ0n) is 14.9. The van der Waals surface area contributed by atoms with Crippen molar-refractivity contribution in [3.63, 3.8) is 0 Å². The van der Waals surface area contributed by atoms with Gasteiger partial charge < -0.3 is 14.2 Å². The molecule has 0 aliphatic heterocycles. The number of nitro groups is 1. The van der Waals surface area contributed by atoms with Gasteiger partial charge in [-0.25, -0.2) is 10.2 Å². The van der Waals surface area contributed by atoms with Crippen LogP contribution in [0.3, 0.4) is 0 Å². The number of hydrogen-bond acceptors (Lipinski definition) is 7. The molecule has 0 aliphatic rings. The maximum atomic E-state index is 11.2. The van der Waals surface area contributed by atoms with Crippen LogP contribution in [0, 0.1) is 10.1 Å². The van der Waals surface area contributed by atoms with Gasteiger partial charge in [0.1, 0.15) is 6.61 Å². The molecule has 142 valence electrons. The number of amides is 1. The maximum absolute atomic E-state index is 11.2. The van der Waals surface area contributed by atoms with Crippen molar-refractivity contribution in [1.29, 1.82) is 0 Å². The second-order valence-corrected chi connectivity index (χ2v) is 5.21. The lowest BCUT2D eigenvalue weighted by Gasteiger charge is -2.11. The van der Waals surface area contributed by atoms with E-state index >= 15 is 0 Å². The maximum Gasteiger partial charge on any atom is 0.427 e. The molecule has 0 bridgehead atoms. The van der Waals surface area contributed by atoms with Gasteiger partial charge in [0.05, 0.1) is 24.9 Å². The highest BCUT2D eigenvalue weighted by atomic mass is 16.6. The highest BCUT2D eigenvalue weighted by Crippen LogP contribution is 2.28. The van der Waals surface area contributed by atoms with Crippen molar-refractivity contribution < 1.29 is 23.9 Å². The topological polar surface area (TPSA) is 112 Å². The molecule has 0 aromatic heterocycles.